The third kappa shape index (κ3) is 3.89. The van der Waals surface area contributed by atoms with Crippen LogP contribution in [0.1, 0.15) is 11.1 Å². The van der Waals surface area contributed by atoms with Crippen LogP contribution in [0.15, 0.2) is 36.5 Å². The first kappa shape index (κ1) is 16.8. The molecule has 0 aliphatic heterocycles. The number of pyridine rings is 2. The van der Waals surface area contributed by atoms with Gasteiger partial charge in [0.15, 0.2) is 0 Å². The van der Waals surface area contributed by atoms with Crippen molar-refractivity contribution in [3.8, 4) is 0 Å². The molecule has 0 radical (unpaired) electrons. The molecule has 0 aliphatic rings. The smallest absolute Gasteiger partial charge is 0.144 e. The average Bonchev–Trinajstić information content (AvgIpc) is 2.52. The van der Waals surface area contributed by atoms with Gasteiger partial charge in [0, 0.05) is 24.7 Å². The summed E-state index contributed by atoms with van der Waals surface area (Å²) in [6.07, 6.45) is 1.57. The zero-order valence-corrected chi connectivity index (χ0v) is 15.0. The molecule has 6 heteroatoms. The van der Waals surface area contributed by atoms with Crippen molar-refractivity contribution in [3.63, 3.8) is 0 Å². The number of nitrogens with zero attached hydrogens (tertiary/aromatic N) is 2. The largest absolute Gasteiger partial charge is 0.368 e. The van der Waals surface area contributed by atoms with Gasteiger partial charge in [0.05, 0.1) is 15.6 Å². The maximum absolute atomic E-state index is 6.08. The SMILES string of the molecule is Cc1ccc2c(C)cc(NCCNc3ncc(Cl)cc3Cl)nc2c1. The van der Waals surface area contributed by atoms with Gasteiger partial charge in [-0.3, -0.25) is 0 Å². The molecule has 124 valence electrons. The summed E-state index contributed by atoms with van der Waals surface area (Å²) < 4.78 is 0. The third-order valence-corrected chi connectivity index (χ3v) is 4.20. The second-order valence-electron chi connectivity index (χ2n) is 5.68. The Bertz CT molecular complexity index is 880. The van der Waals surface area contributed by atoms with Crippen LogP contribution in [0.4, 0.5) is 11.6 Å². The molecule has 0 atom stereocenters. The Labute approximate surface area is 151 Å². The van der Waals surface area contributed by atoms with Crippen LogP contribution in [-0.4, -0.2) is 23.1 Å². The van der Waals surface area contributed by atoms with Crippen molar-refractivity contribution in [1.29, 1.82) is 0 Å². The summed E-state index contributed by atoms with van der Waals surface area (Å²) in [6.45, 7) is 5.54. The average molecular weight is 361 g/mol. The lowest BCUT2D eigenvalue weighted by atomic mass is 10.1. The summed E-state index contributed by atoms with van der Waals surface area (Å²) in [4.78, 5) is 8.84. The summed E-state index contributed by atoms with van der Waals surface area (Å²) >= 11 is 11.9. The minimum Gasteiger partial charge on any atom is -0.368 e. The van der Waals surface area contributed by atoms with Gasteiger partial charge in [-0.1, -0.05) is 35.3 Å². The van der Waals surface area contributed by atoms with Crippen LogP contribution < -0.4 is 10.6 Å². The van der Waals surface area contributed by atoms with Gasteiger partial charge >= 0.3 is 0 Å². The summed E-state index contributed by atoms with van der Waals surface area (Å²) in [7, 11) is 0. The first-order chi connectivity index (χ1) is 11.5. The summed E-state index contributed by atoms with van der Waals surface area (Å²) in [6, 6.07) is 10.1. The Hall–Kier alpha value is -2.04. The number of aryl methyl sites for hydroxylation is 2. The van der Waals surface area contributed by atoms with Crippen molar-refractivity contribution in [2.45, 2.75) is 13.8 Å². The Morgan fingerprint density at radius 2 is 1.79 bits per heavy atom. The fourth-order valence-corrected chi connectivity index (χ4v) is 2.97. The fraction of sp³-hybridized carbons (Fsp3) is 0.222. The van der Waals surface area contributed by atoms with Crippen molar-refractivity contribution in [2.24, 2.45) is 0 Å². The Balaban J connectivity index is 1.63. The molecule has 0 spiro atoms. The van der Waals surface area contributed by atoms with Crippen molar-refractivity contribution in [1.82, 2.24) is 9.97 Å². The van der Waals surface area contributed by atoms with Crippen LogP contribution in [-0.2, 0) is 0 Å². The summed E-state index contributed by atoms with van der Waals surface area (Å²) in [5.74, 6) is 1.49. The molecule has 0 saturated heterocycles. The maximum atomic E-state index is 6.08. The zero-order chi connectivity index (χ0) is 17.1. The van der Waals surface area contributed by atoms with Gasteiger partial charge in [-0.25, -0.2) is 9.97 Å². The first-order valence-electron chi connectivity index (χ1n) is 7.70. The standard InChI is InChI=1S/C18H18Cl2N4/c1-11-3-4-14-12(2)8-17(24-16(14)7-11)21-5-6-22-18-15(20)9-13(19)10-23-18/h3-4,7-10H,5-6H2,1-2H3,(H,21,24)(H,22,23). The fourth-order valence-electron chi connectivity index (χ4n) is 2.52. The number of hydrogen-bond donors (Lipinski definition) is 2. The van der Waals surface area contributed by atoms with Gasteiger partial charge in [0.2, 0.25) is 0 Å². The molecule has 24 heavy (non-hydrogen) atoms. The molecule has 0 unspecified atom stereocenters. The second kappa shape index (κ2) is 7.24. The van der Waals surface area contributed by atoms with E-state index in [9.17, 15) is 0 Å². The molecule has 0 bridgehead atoms. The van der Waals surface area contributed by atoms with E-state index in [1.807, 2.05) is 0 Å². The molecule has 0 amide bonds. The molecule has 1 aromatic carbocycles. The van der Waals surface area contributed by atoms with Crippen LogP contribution in [0.5, 0.6) is 0 Å². The van der Waals surface area contributed by atoms with Crippen LogP contribution in [0.3, 0.4) is 0 Å². The van der Waals surface area contributed by atoms with Crippen molar-refractivity contribution in [3.05, 3.63) is 57.7 Å². The highest BCUT2D eigenvalue weighted by Crippen LogP contribution is 2.23. The van der Waals surface area contributed by atoms with Crippen LogP contribution in [0, 0.1) is 13.8 Å². The van der Waals surface area contributed by atoms with Gasteiger partial charge in [0.25, 0.3) is 0 Å². The maximum Gasteiger partial charge on any atom is 0.144 e. The van der Waals surface area contributed by atoms with Crippen molar-refractivity contribution in [2.75, 3.05) is 23.7 Å². The summed E-state index contributed by atoms with van der Waals surface area (Å²) in [5.41, 5.74) is 3.42. The van der Waals surface area contributed by atoms with Gasteiger partial charge in [-0.2, -0.15) is 0 Å². The molecular weight excluding hydrogens is 343 g/mol. The van der Waals surface area contributed by atoms with E-state index in [1.165, 1.54) is 16.5 Å². The highest BCUT2D eigenvalue weighted by Gasteiger charge is 2.04. The highest BCUT2D eigenvalue weighted by atomic mass is 35.5. The Morgan fingerprint density at radius 3 is 2.58 bits per heavy atom. The van der Waals surface area contributed by atoms with E-state index >= 15 is 0 Å². The molecule has 2 N–H and O–H groups in total. The van der Waals surface area contributed by atoms with Gasteiger partial charge in [0.1, 0.15) is 11.6 Å². The molecule has 0 fully saturated rings. The minimum atomic E-state index is 0.512. The molecular formula is C18H18Cl2N4. The number of halogens is 2. The monoisotopic (exact) mass is 360 g/mol. The lowest BCUT2D eigenvalue weighted by Crippen LogP contribution is -2.15. The van der Waals surface area contributed by atoms with Gasteiger partial charge in [-0.15, -0.1) is 0 Å². The van der Waals surface area contributed by atoms with Crippen LogP contribution >= 0.6 is 23.2 Å². The van der Waals surface area contributed by atoms with Crippen LogP contribution in [0.25, 0.3) is 10.9 Å². The van der Waals surface area contributed by atoms with E-state index in [0.717, 1.165) is 11.3 Å². The van der Waals surface area contributed by atoms with E-state index in [4.69, 9.17) is 23.2 Å². The normalized spacial score (nSPS) is 10.8. The number of hydrogen-bond acceptors (Lipinski definition) is 4. The molecule has 2 aromatic heterocycles. The van der Waals surface area contributed by atoms with E-state index < -0.39 is 0 Å². The predicted octanol–water partition coefficient (Wildman–Crippen LogP) is 5.08. The Kier molecular flexibility index (Phi) is 5.07. The molecule has 3 rings (SSSR count). The predicted molar refractivity (Wildman–Crippen MR) is 102 cm³/mol. The number of fused-ring (bicyclic) bond motifs is 1. The molecule has 0 aliphatic carbocycles. The Morgan fingerprint density at radius 1 is 1.00 bits per heavy atom. The number of nitrogens with one attached hydrogen (secondary N) is 2. The van der Waals surface area contributed by atoms with Crippen molar-refractivity contribution < 1.29 is 0 Å². The molecule has 3 aromatic rings. The lowest BCUT2D eigenvalue weighted by molar-refractivity contribution is 1.05. The molecule has 0 saturated carbocycles. The van der Waals surface area contributed by atoms with E-state index in [2.05, 4.69) is 58.7 Å². The van der Waals surface area contributed by atoms with Crippen molar-refractivity contribution >= 4 is 45.7 Å². The van der Waals surface area contributed by atoms with Crippen LogP contribution in [0.2, 0.25) is 10.0 Å². The lowest BCUT2D eigenvalue weighted by Gasteiger charge is -2.11. The first-order valence-corrected chi connectivity index (χ1v) is 8.45. The number of anilines is 2. The molecule has 2 heterocycles. The van der Waals surface area contributed by atoms with Gasteiger partial charge in [-0.05, 0) is 43.2 Å². The molecule has 4 nitrogen and oxygen atoms in total. The quantitative estimate of drug-likeness (QED) is 0.623. The van der Waals surface area contributed by atoms with E-state index in [-0.39, 0.29) is 0 Å². The number of benzene rings is 1. The highest BCUT2D eigenvalue weighted by molar-refractivity contribution is 6.35. The third-order valence-electron chi connectivity index (χ3n) is 3.70. The zero-order valence-electron chi connectivity index (χ0n) is 13.5. The van der Waals surface area contributed by atoms with E-state index in [1.54, 1.807) is 12.3 Å². The van der Waals surface area contributed by atoms with Gasteiger partial charge < -0.3 is 10.6 Å². The minimum absolute atomic E-state index is 0.512. The summed E-state index contributed by atoms with van der Waals surface area (Å²) in [5, 5.41) is 8.72. The second-order valence-corrected chi connectivity index (χ2v) is 6.53. The number of aromatic nitrogens is 2. The topological polar surface area (TPSA) is 49.8 Å². The number of rotatable bonds is 5. The van der Waals surface area contributed by atoms with E-state index in [0.29, 0.717) is 29.0 Å².